The van der Waals surface area contributed by atoms with Crippen molar-refractivity contribution in [3.05, 3.63) is 0 Å². The Morgan fingerprint density at radius 2 is 1.65 bits per heavy atom. The number of nitrogens with zero attached hydrogens (tertiary/aromatic N) is 1. The molecule has 1 saturated heterocycles. The Morgan fingerprint density at radius 1 is 1.10 bits per heavy atom. The highest BCUT2D eigenvalue weighted by molar-refractivity contribution is 5.79. The summed E-state index contributed by atoms with van der Waals surface area (Å²) in [6, 6.07) is 0.557. The molecule has 0 atom stereocenters. The van der Waals surface area contributed by atoms with E-state index in [4.69, 9.17) is 4.74 Å². The van der Waals surface area contributed by atoms with Crippen molar-refractivity contribution in [1.82, 2.24) is 4.90 Å². The van der Waals surface area contributed by atoms with E-state index in [9.17, 15) is 9.59 Å². The van der Waals surface area contributed by atoms with Gasteiger partial charge in [0.05, 0.1) is 5.92 Å². The lowest BCUT2D eigenvalue weighted by molar-refractivity contribution is -0.161. The first-order valence-corrected chi connectivity index (χ1v) is 7.84. The molecule has 0 bridgehead atoms. The standard InChI is InChI=1S/C16H27NO3/c1-16(2,3)20-15(19)12-4-6-13(7-5-12)17-10-8-14(18)9-11-17/h12-13H,4-11H2,1-3H3/t12-,13-. The number of piperidine rings is 1. The van der Waals surface area contributed by atoms with Gasteiger partial charge in [-0.05, 0) is 46.5 Å². The van der Waals surface area contributed by atoms with E-state index < -0.39 is 0 Å². The number of rotatable bonds is 2. The first kappa shape index (κ1) is 15.5. The Kier molecular flexibility index (Phi) is 4.84. The lowest BCUT2D eigenvalue weighted by Gasteiger charge is -2.38. The average Bonchev–Trinajstić information content (AvgIpc) is 2.38. The highest BCUT2D eigenvalue weighted by Crippen LogP contribution is 2.30. The van der Waals surface area contributed by atoms with Crippen molar-refractivity contribution in [3.8, 4) is 0 Å². The Hall–Kier alpha value is -0.900. The number of esters is 1. The van der Waals surface area contributed by atoms with Crippen molar-refractivity contribution in [2.75, 3.05) is 13.1 Å². The summed E-state index contributed by atoms with van der Waals surface area (Å²) in [5.41, 5.74) is -0.388. The summed E-state index contributed by atoms with van der Waals surface area (Å²) in [5, 5.41) is 0. The zero-order chi connectivity index (χ0) is 14.8. The first-order chi connectivity index (χ1) is 9.35. The Morgan fingerprint density at radius 3 is 2.15 bits per heavy atom. The first-order valence-electron chi connectivity index (χ1n) is 7.84. The molecule has 0 spiro atoms. The van der Waals surface area contributed by atoms with Crippen LogP contribution >= 0.6 is 0 Å². The van der Waals surface area contributed by atoms with Crippen LogP contribution in [0.2, 0.25) is 0 Å². The van der Waals surface area contributed by atoms with Crippen LogP contribution < -0.4 is 0 Å². The van der Waals surface area contributed by atoms with Gasteiger partial charge in [-0.15, -0.1) is 0 Å². The second kappa shape index (κ2) is 6.25. The summed E-state index contributed by atoms with van der Waals surface area (Å²) in [7, 11) is 0. The molecule has 1 heterocycles. The highest BCUT2D eigenvalue weighted by atomic mass is 16.6. The third kappa shape index (κ3) is 4.30. The summed E-state index contributed by atoms with van der Waals surface area (Å²) in [6.07, 6.45) is 5.35. The minimum atomic E-state index is -0.388. The Balaban J connectivity index is 1.77. The fourth-order valence-corrected chi connectivity index (χ4v) is 3.20. The van der Waals surface area contributed by atoms with Gasteiger partial charge in [-0.1, -0.05) is 0 Å². The van der Waals surface area contributed by atoms with Crippen LogP contribution in [0.4, 0.5) is 0 Å². The zero-order valence-electron chi connectivity index (χ0n) is 13.0. The average molecular weight is 281 g/mol. The van der Waals surface area contributed by atoms with Gasteiger partial charge in [0, 0.05) is 32.0 Å². The van der Waals surface area contributed by atoms with E-state index in [1.807, 2.05) is 20.8 Å². The molecule has 0 radical (unpaired) electrons. The van der Waals surface area contributed by atoms with Crippen LogP contribution in [0.1, 0.15) is 59.3 Å². The van der Waals surface area contributed by atoms with Crippen LogP contribution in [-0.2, 0) is 14.3 Å². The number of hydrogen-bond donors (Lipinski definition) is 0. The molecule has 0 amide bonds. The van der Waals surface area contributed by atoms with E-state index in [-0.39, 0.29) is 17.5 Å². The molecule has 0 aromatic rings. The third-order valence-electron chi connectivity index (χ3n) is 4.31. The molecule has 4 nitrogen and oxygen atoms in total. The summed E-state index contributed by atoms with van der Waals surface area (Å²) < 4.78 is 5.47. The molecule has 0 aromatic heterocycles. The molecule has 1 aliphatic heterocycles. The van der Waals surface area contributed by atoms with Crippen LogP contribution in [0, 0.1) is 5.92 Å². The van der Waals surface area contributed by atoms with E-state index in [1.54, 1.807) is 0 Å². The van der Waals surface area contributed by atoms with E-state index >= 15 is 0 Å². The maximum Gasteiger partial charge on any atom is 0.309 e. The van der Waals surface area contributed by atoms with Gasteiger partial charge in [-0.25, -0.2) is 0 Å². The quantitative estimate of drug-likeness (QED) is 0.730. The van der Waals surface area contributed by atoms with Crippen molar-refractivity contribution in [2.45, 2.75) is 70.9 Å². The van der Waals surface area contributed by atoms with E-state index in [1.165, 1.54) is 0 Å². The molecule has 2 rings (SSSR count). The number of likely N-dealkylation sites (tertiary alicyclic amines) is 1. The molecular formula is C16H27NO3. The minimum Gasteiger partial charge on any atom is -0.460 e. The van der Waals surface area contributed by atoms with Gasteiger partial charge >= 0.3 is 5.97 Å². The van der Waals surface area contributed by atoms with Crippen molar-refractivity contribution < 1.29 is 14.3 Å². The predicted molar refractivity (Wildman–Crippen MR) is 77.4 cm³/mol. The summed E-state index contributed by atoms with van der Waals surface area (Å²) in [5.74, 6) is 0.422. The van der Waals surface area contributed by atoms with Crippen molar-refractivity contribution in [2.24, 2.45) is 5.92 Å². The zero-order valence-corrected chi connectivity index (χ0v) is 13.0. The van der Waals surface area contributed by atoms with E-state index in [0.29, 0.717) is 24.7 Å². The normalized spacial score (nSPS) is 29.2. The van der Waals surface area contributed by atoms with Crippen LogP contribution in [0.3, 0.4) is 0 Å². The SMILES string of the molecule is CC(C)(C)OC(=O)[C@H]1CC[C@H](N2CCC(=O)CC2)CC1. The largest absolute Gasteiger partial charge is 0.460 e. The van der Waals surface area contributed by atoms with Crippen LogP contribution in [0.15, 0.2) is 0 Å². The van der Waals surface area contributed by atoms with Gasteiger partial charge in [-0.3, -0.25) is 14.5 Å². The maximum atomic E-state index is 12.1. The molecule has 1 aliphatic carbocycles. The minimum absolute atomic E-state index is 0.0372. The van der Waals surface area contributed by atoms with Crippen LogP contribution in [0.25, 0.3) is 0 Å². The molecule has 20 heavy (non-hydrogen) atoms. The highest BCUT2D eigenvalue weighted by Gasteiger charge is 2.33. The van der Waals surface area contributed by atoms with Gasteiger partial charge in [-0.2, -0.15) is 0 Å². The molecule has 0 N–H and O–H groups in total. The molecule has 1 saturated carbocycles. The van der Waals surface area contributed by atoms with Gasteiger partial charge in [0.25, 0.3) is 0 Å². The Labute approximate surface area is 121 Å². The van der Waals surface area contributed by atoms with Crippen molar-refractivity contribution >= 4 is 11.8 Å². The Bertz CT molecular complexity index is 354. The second-order valence-electron chi connectivity index (χ2n) is 7.11. The molecule has 4 heteroatoms. The molecule has 2 fully saturated rings. The fourth-order valence-electron chi connectivity index (χ4n) is 3.20. The molecule has 114 valence electrons. The monoisotopic (exact) mass is 281 g/mol. The topological polar surface area (TPSA) is 46.6 Å². The predicted octanol–water partition coefficient (Wildman–Crippen LogP) is 2.55. The van der Waals surface area contributed by atoms with E-state index in [2.05, 4.69) is 4.90 Å². The van der Waals surface area contributed by atoms with Crippen LogP contribution in [-0.4, -0.2) is 41.4 Å². The van der Waals surface area contributed by atoms with Gasteiger partial charge in [0.1, 0.15) is 11.4 Å². The summed E-state index contributed by atoms with van der Waals surface area (Å²) in [6.45, 7) is 7.56. The number of carbonyl (C=O) groups excluding carboxylic acids is 2. The maximum absolute atomic E-state index is 12.1. The summed E-state index contributed by atoms with van der Waals surface area (Å²) in [4.78, 5) is 25.8. The summed E-state index contributed by atoms with van der Waals surface area (Å²) >= 11 is 0. The molecule has 0 aromatic carbocycles. The number of carbonyl (C=O) groups is 2. The number of ether oxygens (including phenoxy) is 1. The fraction of sp³-hybridized carbons (Fsp3) is 0.875. The van der Waals surface area contributed by atoms with Crippen molar-refractivity contribution in [3.63, 3.8) is 0 Å². The molecule has 2 aliphatic rings. The van der Waals surface area contributed by atoms with E-state index in [0.717, 1.165) is 38.8 Å². The lowest BCUT2D eigenvalue weighted by atomic mass is 9.84. The van der Waals surface area contributed by atoms with Gasteiger partial charge < -0.3 is 4.74 Å². The second-order valence-corrected chi connectivity index (χ2v) is 7.11. The lowest BCUT2D eigenvalue weighted by Crippen LogP contribution is -2.44. The van der Waals surface area contributed by atoms with Crippen molar-refractivity contribution in [1.29, 1.82) is 0 Å². The van der Waals surface area contributed by atoms with Crippen LogP contribution in [0.5, 0.6) is 0 Å². The molecular weight excluding hydrogens is 254 g/mol. The number of Topliss-reactive ketones (excluding diaryl/α,β-unsaturated/α-hetero) is 1. The van der Waals surface area contributed by atoms with Gasteiger partial charge in [0.2, 0.25) is 0 Å². The molecule has 0 unspecified atom stereocenters. The number of hydrogen-bond acceptors (Lipinski definition) is 4. The number of ketones is 1. The third-order valence-corrected chi connectivity index (χ3v) is 4.31. The van der Waals surface area contributed by atoms with Gasteiger partial charge in [0.15, 0.2) is 0 Å². The smallest absolute Gasteiger partial charge is 0.309 e.